The number of nitrogens with zero attached hydrogens (tertiary/aromatic N) is 5. The predicted octanol–water partition coefficient (Wildman–Crippen LogP) is 1.58. The molecule has 20 heavy (non-hydrogen) atoms. The molecule has 0 bridgehead atoms. The molecular weight excluding hydrogens is 256 g/mol. The largest absolute Gasteiger partial charge is 0.467 e. The summed E-state index contributed by atoms with van der Waals surface area (Å²) < 4.78 is 5.14. The average molecular weight is 276 g/mol. The molecule has 7 nitrogen and oxygen atoms in total. The highest BCUT2D eigenvalue weighted by atomic mass is 16.5. The third-order valence-electron chi connectivity index (χ3n) is 3.03. The highest BCUT2D eigenvalue weighted by Crippen LogP contribution is 2.30. The summed E-state index contributed by atoms with van der Waals surface area (Å²) >= 11 is 0. The Morgan fingerprint density at radius 2 is 2.20 bits per heavy atom. The van der Waals surface area contributed by atoms with E-state index < -0.39 is 0 Å². The first-order valence-corrected chi connectivity index (χ1v) is 6.96. The van der Waals surface area contributed by atoms with Crippen LogP contribution >= 0.6 is 0 Å². The lowest BCUT2D eigenvalue weighted by Crippen LogP contribution is -2.29. The smallest absolute Gasteiger partial charge is 0.322 e. The average Bonchev–Trinajstić information content (AvgIpc) is 3.30. The Labute approximate surface area is 119 Å². The Bertz CT molecular complexity index is 482. The number of aromatic nitrogens is 3. The SMILES string of the molecule is CCCNc1nc(OC)nc(N(CCC#N)C2CC2)n1. The number of hydrogen-bond donors (Lipinski definition) is 1. The van der Waals surface area contributed by atoms with E-state index in [4.69, 9.17) is 10.00 Å². The number of nitriles is 1. The number of ether oxygens (including phenoxy) is 1. The van der Waals surface area contributed by atoms with Crippen molar-refractivity contribution in [1.29, 1.82) is 5.26 Å². The predicted molar refractivity (Wildman–Crippen MR) is 75.8 cm³/mol. The molecular formula is C13H20N6O. The second kappa shape index (κ2) is 6.89. The van der Waals surface area contributed by atoms with Crippen LogP contribution in [0.2, 0.25) is 0 Å². The number of rotatable bonds is 8. The van der Waals surface area contributed by atoms with E-state index in [9.17, 15) is 0 Å². The minimum absolute atomic E-state index is 0.302. The first-order chi connectivity index (χ1) is 9.78. The Morgan fingerprint density at radius 1 is 1.40 bits per heavy atom. The summed E-state index contributed by atoms with van der Waals surface area (Å²) in [6.45, 7) is 3.52. The summed E-state index contributed by atoms with van der Waals surface area (Å²) in [5.74, 6) is 1.12. The Hall–Kier alpha value is -2.10. The maximum atomic E-state index is 8.77. The van der Waals surface area contributed by atoms with Gasteiger partial charge in [-0.2, -0.15) is 20.2 Å². The molecule has 1 aliphatic carbocycles. The maximum Gasteiger partial charge on any atom is 0.322 e. The van der Waals surface area contributed by atoms with E-state index in [1.165, 1.54) is 0 Å². The molecule has 0 unspecified atom stereocenters. The highest BCUT2D eigenvalue weighted by molar-refractivity contribution is 5.40. The second-order valence-electron chi connectivity index (χ2n) is 4.71. The van der Waals surface area contributed by atoms with Crippen molar-refractivity contribution in [2.45, 2.75) is 38.6 Å². The van der Waals surface area contributed by atoms with E-state index in [-0.39, 0.29) is 0 Å². The first kappa shape index (κ1) is 14.3. The molecule has 1 fully saturated rings. The third kappa shape index (κ3) is 3.70. The van der Waals surface area contributed by atoms with E-state index in [1.807, 2.05) is 0 Å². The van der Waals surface area contributed by atoms with Gasteiger partial charge in [-0.15, -0.1) is 0 Å². The van der Waals surface area contributed by atoms with Crippen LogP contribution in [-0.2, 0) is 0 Å². The van der Waals surface area contributed by atoms with E-state index in [2.05, 4.69) is 38.2 Å². The Morgan fingerprint density at radius 3 is 2.80 bits per heavy atom. The van der Waals surface area contributed by atoms with E-state index in [0.717, 1.165) is 25.8 Å². The molecule has 1 aliphatic rings. The normalized spacial score (nSPS) is 13.7. The van der Waals surface area contributed by atoms with Crippen molar-refractivity contribution in [3.05, 3.63) is 0 Å². The topological polar surface area (TPSA) is 87.0 Å². The van der Waals surface area contributed by atoms with Crippen LogP contribution in [0.4, 0.5) is 11.9 Å². The van der Waals surface area contributed by atoms with Crippen LogP contribution in [-0.4, -0.2) is 41.2 Å². The Balaban J connectivity index is 2.20. The van der Waals surface area contributed by atoms with Crippen LogP contribution < -0.4 is 15.0 Å². The fourth-order valence-corrected chi connectivity index (χ4v) is 1.88. The van der Waals surface area contributed by atoms with Crippen LogP contribution in [0.5, 0.6) is 6.01 Å². The zero-order valence-electron chi connectivity index (χ0n) is 12.0. The molecule has 0 spiro atoms. The highest BCUT2D eigenvalue weighted by Gasteiger charge is 2.31. The standard InChI is InChI=1S/C13H20N6O/c1-3-8-15-11-16-12(18-13(17-11)20-2)19(9-4-7-14)10-5-6-10/h10H,3-6,8-9H2,1-2H3,(H,15,16,17,18). The van der Waals surface area contributed by atoms with Crippen molar-refractivity contribution in [3.63, 3.8) is 0 Å². The summed E-state index contributed by atoms with van der Waals surface area (Å²) in [6.07, 6.45) is 3.70. The van der Waals surface area contributed by atoms with Crippen LogP contribution in [0, 0.1) is 11.3 Å². The van der Waals surface area contributed by atoms with Gasteiger partial charge in [0.15, 0.2) is 0 Å². The van der Waals surface area contributed by atoms with E-state index in [0.29, 0.717) is 36.9 Å². The van der Waals surface area contributed by atoms with Gasteiger partial charge in [-0.3, -0.25) is 0 Å². The molecule has 7 heteroatoms. The fraction of sp³-hybridized carbons (Fsp3) is 0.692. The molecule has 2 rings (SSSR count). The monoisotopic (exact) mass is 276 g/mol. The molecule has 0 aromatic carbocycles. The number of methoxy groups -OCH3 is 1. The first-order valence-electron chi connectivity index (χ1n) is 6.96. The van der Waals surface area contributed by atoms with E-state index in [1.54, 1.807) is 7.11 Å². The second-order valence-corrected chi connectivity index (χ2v) is 4.71. The summed E-state index contributed by atoms with van der Waals surface area (Å²) in [6, 6.07) is 2.91. The van der Waals surface area contributed by atoms with Crippen molar-refractivity contribution in [2.24, 2.45) is 0 Å². The van der Waals surface area contributed by atoms with Gasteiger partial charge >= 0.3 is 6.01 Å². The number of hydrogen-bond acceptors (Lipinski definition) is 7. The molecule has 1 N–H and O–H groups in total. The maximum absolute atomic E-state index is 8.77. The van der Waals surface area contributed by atoms with Crippen molar-refractivity contribution in [3.8, 4) is 12.1 Å². The van der Waals surface area contributed by atoms with Gasteiger partial charge in [0.05, 0.1) is 19.6 Å². The lowest BCUT2D eigenvalue weighted by atomic mass is 10.4. The zero-order chi connectivity index (χ0) is 14.4. The van der Waals surface area contributed by atoms with Crippen molar-refractivity contribution < 1.29 is 4.74 Å². The lowest BCUT2D eigenvalue weighted by Gasteiger charge is -2.21. The molecule has 1 heterocycles. The fourth-order valence-electron chi connectivity index (χ4n) is 1.88. The molecule has 0 amide bonds. The zero-order valence-corrected chi connectivity index (χ0v) is 12.0. The summed E-state index contributed by atoms with van der Waals surface area (Å²) in [4.78, 5) is 15.0. The molecule has 0 atom stereocenters. The van der Waals surface area contributed by atoms with Crippen molar-refractivity contribution >= 4 is 11.9 Å². The Kier molecular flexibility index (Phi) is 4.93. The van der Waals surface area contributed by atoms with Gasteiger partial charge in [0.1, 0.15) is 0 Å². The van der Waals surface area contributed by atoms with Gasteiger partial charge in [0, 0.05) is 19.1 Å². The molecule has 0 saturated heterocycles. The van der Waals surface area contributed by atoms with Crippen molar-refractivity contribution in [2.75, 3.05) is 30.4 Å². The van der Waals surface area contributed by atoms with Crippen LogP contribution in [0.1, 0.15) is 32.6 Å². The van der Waals surface area contributed by atoms with Crippen LogP contribution in [0.3, 0.4) is 0 Å². The summed E-state index contributed by atoms with van der Waals surface area (Å²) in [5.41, 5.74) is 0. The molecule has 0 radical (unpaired) electrons. The van der Waals surface area contributed by atoms with Crippen molar-refractivity contribution in [1.82, 2.24) is 15.0 Å². The van der Waals surface area contributed by atoms with Gasteiger partial charge in [-0.05, 0) is 19.3 Å². The number of anilines is 2. The van der Waals surface area contributed by atoms with E-state index >= 15 is 0 Å². The van der Waals surface area contributed by atoms with Gasteiger partial charge < -0.3 is 15.0 Å². The quantitative estimate of drug-likeness (QED) is 0.771. The van der Waals surface area contributed by atoms with Gasteiger partial charge in [0.2, 0.25) is 11.9 Å². The van der Waals surface area contributed by atoms with Gasteiger partial charge in [0.25, 0.3) is 0 Å². The molecule has 1 aromatic rings. The third-order valence-corrected chi connectivity index (χ3v) is 3.03. The lowest BCUT2D eigenvalue weighted by molar-refractivity contribution is 0.378. The van der Waals surface area contributed by atoms with Crippen LogP contribution in [0.15, 0.2) is 0 Å². The molecule has 108 valence electrons. The summed E-state index contributed by atoms with van der Waals surface area (Å²) in [7, 11) is 1.54. The van der Waals surface area contributed by atoms with Crippen LogP contribution in [0.25, 0.3) is 0 Å². The molecule has 1 aromatic heterocycles. The molecule has 1 saturated carbocycles. The van der Waals surface area contributed by atoms with Gasteiger partial charge in [-0.1, -0.05) is 6.92 Å². The van der Waals surface area contributed by atoms with Gasteiger partial charge in [-0.25, -0.2) is 0 Å². The molecule has 0 aliphatic heterocycles. The summed E-state index contributed by atoms with van der Waals surface area (Å²) in [5, 5.41) is 11.9. The minimum Gasteiger partial charge on any atom is -0.467 e. The minimum atomic E-state index is 0.302. The number of nitrogens with one attached hydrogen (secondary N) is 1.